The fourth-order valence-corrected chi connectivity index (χ4v) is 2.88. The molecule has 0 fully saturated rings. The lowest BCUT2D eigenvalue weighted by Crippen LogP contribution is -2.15. The second-order valence-electron chi connectivity index (χ2n) is 6.73. The second kappa shape index (κ2) is 8.70. The van der Waals surface area contributed by atoms with Gasteiger partial charge in [-0.3, -0.25) is 0 Å². The Hall–Kier alpha value is -2.29. The van der Waals surface area contributed by atoms with Gasteiger partial charge in [0, 0.05) is 12.0 Å². The highest BCUT2D eigenvalue weighted by atomic mass is 16.6. The van der Waals surface area contributed by atoms with Gasteiger partial charge in [0.2, 0.25) is 0 Å². The van der Waals surface area contributed by atoms with Crippen molar-refractivity contribution in [1.29, 1.82) is 0 Å². The van der Waals surface area contributed by atoms with Gasteiger partial charge < -0.3 is 9.47 Å². The Morgan fingerprint density at radius 3 is 2.36 bits per heavy atom. The molecule has 0 aliphatic rings. The first-order valence-corrected chi connectivity index (χ1v) is 8.88. The van der Waals surface area contributed by atoms with Gasteiger partial charge in [-0.15, -0.1) is 0 Å². The highest BCUT2D eigenvalue weighted by Gasteiger charge is 2.12. The van der Waals surface area contributed by atoms with Crippen LogP contribution in [0.4, 0.5) is 0 Å². The number of carbonyl (C=O) groups excluding carboxylic acids is 1. The van der Waals surface area contributed by atoms with Crippen molar-refractivity contribution in [3.05, 3.63) is 64.2 Å². The molecular weight excluding hydrogens is 312 g/mol. The van der Waals surface area contributed by atoms with E-state index >= 15 is 0 Å². The third-order valence-corrected chi connectivity index (χ3v) is 4.25. The molecule has 0 saturated carbocycles. The molecule has 0 aromatic heterocycles. The van der Waals surface area contributed by atoms with E-state index in [2.05, 4.69) is 51.1 Å². The fourth-order valence-electron chi connectivity index (χ4n) is 2.88. The van der Waals surface area contributed by atoms with Gasteiger partial charge in [-0.05, 0) is 55.0 Å². The van der Waals surface area contributed by atoms with Crippen molar-refractivity contribution in [2.45, 2.75) is 47.0 Å². The first kappa shape index (κ1) is 19.0. The molecule has 3 heteroatoms. The van der Waals surface area contributed by atoms with E-state index in [0.717, 1.165) is 23.3 Å². The summed E-state index contributed by atoms with van der Waals surface area (Å²) in [5.41, 5.74) is 5.98. The number of benzene rings is 2. The van der Waals surface area contributed by atoms with Crippen LogP contribution in [0.15, 0.2) is 36.4 Å². The number of carbonyl (C=O) groups is 1. The minimum atomic E-state index is -0.339. The third kappa shape index (κ3) is 5.35. The van der Waals surface area contributed by atoms with Crippen LogP contribution >= 0.6 is 0 Å². The molecule has 0 heterocycles. The van der Waals surface area contributed by atoms with Crippen LogP contribution in [0.3, 0.4) is 0 Å². The zero-order valence-corrected chi connectivity index (χ0v) is 15.9. The molecule has 2 rings (SSSR count). The van der Waals surface area contributed by atoms with E-state index in [9.17, 15) is 4.79 Å². The minimum Gasteiger partial charge on any atom is -0.482 e. The summed E-state index contributed by atoms with van der Waals surface area (Å²) in [5.74, 6) is 0.950. The van der Waals surface area contributed by atoms with Gasteiger partial charge >= 0.3 is 5.97 Å². The molecule has 2 aromatic carbocycles. The van der Waals surface area contributed by atoms with Gasteiger partial charge in [-0.25, -0.2) is 4.79 Å². The normalized spacial score (nSPS) is 10.8. The molecule has 134 valence electrons. The van der Waals surface area contributed by atoms with Crippen LogP contribution in [0.2, 0.25) is 0 Å². The summed E-state index contributed by atoms with van der Waals surface area (Å²) < 4.78 is 10.7. The van der Waals surface area contributed by atoms with E-state index in [-0.39, 0.29) is 12.6 Å². The SMILES string of the molecule is CCOC(=O)COc1cc(C)cc(C)c1Cc1ccc(C(C)C)cc1. The van der Waals surface area contributed by atoms with Crippen molar-refractivity contribution >= 4 is 5.97 Å². The average molecular weight is 340 g/mol. The van der Waals surface area contributed by atoms with Crippen molar-refractivity contribution in [3.63, 3.8) is 0 Å². The lowest BCUT2D eigenvalue weighted by atomic mass is 9.95. The predicted octanol–water partition coefficient (Wildman–Crippen LogP) is 4.96. The second-order valence-corrected chi connectivity index (χ2v) is 6.73. The number of aryl methyl sites for hydroxylation is 2. The molecule has 0 saturated heterocycles. The zero-order chi connectivity index (χ0) is 18.4. The summed E-state index contributed by atoms with van der Waals surface area (Å²) in [4.78, 5) is 11.6. The van der Waals surface area contributed by atoms with Gasteiger partial charge in [0.1, 0.15) is 5.75 Å². The molecular formula is C22H28O3. The van der Waals surface area contributed by atoms with Gasteiger partial charge in [0.15, 0.2) is 6.61 Å². The smallest absolute Gasteiger partial charge is 0.344 e. The molecule has 0 aliphatic carbocycles. The quantitative estimate of drug-likeness (QED) is 0.668. The molecule has 0 radical (unpaired) electrons. The van der Waals surface area contributed by atoms with E-state index in [0.29, 0.717) is 12.5 Å². The van der Waals surface area contributed by atoms with Gasteiger partial charge in [-0.1, -0.05) is 44.2 Å². The Kier molecular flexibility index (Phi) is 6.63. The third-order valence-electron chi connectivity index (χ3n) is 4.25. The van der Waals surface area contributed by atoms with Gasteiger partial charge in [0.05, 0.1) is 6.61 Å². The topological polar surface area (TPSA) is 35.5 Å². The van der Waals surface area contributed by atoms with Crippen molar-refractivity contribution in [3.8, 4) is 5.75 Å². The van der Waals surface area contributed by atoms with Crippen LogP contribution in [-0.2, 0) is 16.0 Å². The Labute approximate surface area is 151 Å². The minimum absolute atomic E-state index is 0.0595. The molecule has 0 aliphatic heterocycles. The van der Waals surface area contributed by atoms with Crippen molar-refractivity contribution in [2.75, 3.05) is 13.2 Å². The van der Waals surface area contributed by atoms with E-state index in [4.69, 9.17) is 9.47 Å². The van der Waals surface area contributed by atoms with Crippen molar-refractivity contribution < 1.29 is 14.3 Å². The molecule has 2 aromatic rings. The van der Waals surface area contributed by atoms with Crippen molar-refractivity contribution in [2.24, 2.45) is 0 Å². The monoisotopic (exact) mass is 340 g/mol. The molecule has 0 unspecified atom stereocenters. The lowest BCUT2D eigenvalue weighted by Gasteiger charge is -2.15. The zero-order valence-electron chi connectivity index (χ0n) is 15.9. The Morgan fingerprint density at radius 1 is 1.08 bits per heavy atom. The van der Waals surface area contributed by atoms with Crippen LogP contribution in [0, 0.1) is 13.8 Å². The fraction of sp³-hybridized carbons (Fsp3) is 0.409. The van der Waals surface area contributed by atoms with E-state index < -0.39 is 0 Å². The number of ether oxygens (including phenoxy) is 2. The largest absolute Gasteiger partial charge is 0.482 e. The highest BCUT2D eigenvalue weighted by Crippen LogP contribution is 2.28. The number of hydrogen-bond acceptors (Lipinski definition) is 3. The van der Waals surface area contributed by atoms with Crippen LogP contribution in [0.25, 0.3) is 0 Å². The maximum Gasteiger partial charge on any atom is 0.344 e. The summed E-state index contributed by atoms with van der Waals surface area (Å²) >= 11 is 0. The summed E-state index contributed by atoms with van der Waals surface area (Å²) in [5, 5.41) is 0. The summed E-state index contributed by atoms with van der Waals surface area (Å²) in [6, 6.07) is 12.8. The number of hydrogen-bond donors (Lipinski definition) is 0. The predicted molar refractivity (Wildman–Crippen MR) is 101 cm³/mol. The van der Waals surface area contributed by atoms with Crippen LogP contribution in [-0.4, -0.2) is 19.2 Å². The first-order valence-electron chi connectivity index (χ1n) is 8.88. The number of rotatable bonds is 7. The van der Waals surface area contributed by atoms with Crippen LogP contribution in [0.5, 0.6) is 5.75 Å². The maximum atomic E-state index is 11.6. The Morgan fingerprint density at radius 2 is 1.76 bits per heavy atom. The van der Waals surface area contributed by atoms with E-state index in [1.165, 1.54) is 16.7 Å². The lowest BCUT2D eigenvalue weighted by molar-refractivity contribution is -0.145. The Bertz CT molecular complexity index is 715. The maximum absolute atomic E-state index is 11.6. The Balaban J connectivity index is 2.22. The van der Waals surface area contributed by atoms with E-state index in [1.807, 2.05) is 13.0 Å². The highest BCUT2D eigenvalue weighted by molar-refractivity contribution is 5.71. The molecule has 0 spiro atoms. The molecule has 25 heavy (non-hydrogen) atoms. The molecule has 3 nitrogen and oxygen atoms in total. The van der Waals surface area contributed by atoms with Gasteiger partial charge in [0.25, 0.3) is 0 Å². The van der Waals surface area contributed by atoms with Crippen LogP contribution < -0.4 is 4.74 Å². The standard InChI is InChI=1S/C22H28O3/c1-6-24-22(23)14-25-21-12-16(4)11-17(5)20(21)13-18-7-9-19(10-8-18)15(2)3/h7-12,15H,6,13-14H2,1-5H3. The molecule has 0 atom stereocenters. The van der Waals surface area contributed by atoms with Crippen molar-refractivity contribution in [1.82, 2.24) is 0 Å². The average Bonchev–Trinajstić information content (AvgIpc) is 2.56. The van der Waals surface area contributed by atoms with E-state index in [1.54, 1.807) is 6.92 Å². The summed E-state index contributed by atoms with van der Waals surface area (Å²) in [6.45, 7) is 10.6. The molecule has 0 N–H and O–H groups in total. The first-order chi connectivity index (χ1) is 11.9. The summed E-state index contributed by atoms with van der Waals surface area (Å²) in [6.07, 6.45) is 0.780. The summed E-state index contributed by atoms with van der Waals surface area (Å²) in [7, 11) is 0. The van der Waals surface area contributed by atoms with Crippen LogP contribution in [0.1, 0.15) is 54.5 Å². The molecule has 0 amide bonds. The number of esters is 1. The molecule has 0 bridgehead atoms. The van der Waals surface area contributed by atoms with Gasteiger partial charge in [-0.2, -0.15) is 0 Å².